The summed E-state index contributed by atoms with van der Waals surface area (Å²) in [7, 11) is -2.26. The maximum absolute atomic E-state index is 14.9. The van der Waals surface area contributed by atoms with E-state index in [1.165, 1.54) is 23.5 Å². The van der Waals surface area contributed by atoms with Gasteiger partial charge in [-0.3, -0.25) is 19.1 Å². The number of amides is 2. The van der Waals surface area contributed by atoms with Crippen molar-refractivity contribution in [3.63, 3.8) is 0 Å². The monoisotopic (exact) mass is 871 g/mol. The van der Waals surface area contributed by atoms with Crippen LogP contribution in [-0.4, -0.2) is 78.0 Å². The first-order valence-electron chi connectivity index (χ1n) is 21.4. The topological polar surface area (TPSA) is 157 Å². The smallest absolute Gasteiger partial charge is 0.245 e. The van der Waals surface area contributed by atoms with Crippen LogP contribution in [0.2, 0.25) is 0 Å². The highest BCUT2D eigenvalue weighted by Crippen LogP contribution is 2.57. The molecule has 0 unspecified atom stereocenters. The first-order valence-corrected chi connectivity index (χ1v) is 23.8. The first kappa shape index (κ1) is 42.8. The van der Waals surface area contributed by atoms with Crippen LogP contribution in [0.4, 0.5) is 10.1 Å². The Bertz CT molecular complexity index is 2480. The number of Topliss-reactive ketones (excluding diaryl/α,β-unsaturated/α-hetero) is 1. The van der Waals surface area contributed by atoms with Gasteiger partial charge >= 0.3 is 0 Å². The summed E-state index contributed by atoms with van der Waals surface area (Å²) in [6.45, 7) is 7.95. The van der Waals surface area contributed by atoms with Gasteiger partial charge in [0, 0.05) is 40.9 Å². The number of ether oxygens (including phenoxy) is 2. The number of ketones is 1. The van der Waals surface area contributed by atoms with Crippen molar-refractivity contribution in [2.45, 2.75) is 121 Å². The van der Waals surface area contributed by atoms with Crippen LogP contribution in [0.15, 0.2) is 53.9 Å². The maximum atomic E-state index is 14.9. The Labute approximate surface area is 360 Å². The molecule has 61 heavy (non-hydrogen) atoms. The number of pyridine rings is 1. The predicted octanol–water partition coefficient (Wildman–Crippen LogP) is 8.17. The number of halogens is 1. The van der Waals surface area contributed by atoms with Crippen molar-refractivity contribution in [2.75, 3.05) is 19.0 Å². The molecule has 2 aliphatic heterocycles. The standard InChI is InChI=1S/C46H54FN5O7S2/c1-26(2)37-25-60-43(50-37)36-21-41(34-15-16-40(58-5)28(4)42(34)49-36)59-32-20-38-39(53)23-46(45(55)51-61(56,57)33-13-14-33)22-29(46)11-9-7-6-8-10-12-35(44(54)52(38)24-32)48-31-18-27(3)17-30(47)19-31/h9,11,15-19,21,25-26,29,32-33,35,38,48H,6-8,10,12-14,20,22-24H2,1-5H3,(H,51,55)/b11-9-/t29-,32+,35-,38-,46+/m0/s1. The molecule has 2 saturated carbocycles. The van der Waals surface area contributed by atoms with E-state index in [1.807, 2.05) is 42.7 Å². The lowest BCUT2D eigenvalue weighted by molar-refractivity contribution is -0.139. The van der Waals surface area contributed by atoms with Gasteiger partial charge in [0.2, 0.25) is 21.8 Å². The molecule has 2 amide bonds. The number of nitrogens with zero attached hydrogens (tertiary/aromatic N) is 3. The average molecular weight is 872 g/mol. The largest absolute Gasteiger partial charge is 0.496 e. The molecular weight excluding hydrogens is 818 g/mol. The number of aryl methyl sites for hydroxylation is 2. The van der Waals surface area contributed by atoms with Crippen molar-refractivity contribution < 1.29 is 36.7 Å². The van der Waals surface area contributed by atoms with E-state index in [1.54, 1.807) is 25.0 Å². The molecule has 4 heterocycles. The fourth-order valence-corrected chi connectivity index (χ4v) is 11.2. The summed E-state index contributed by atoms with van der Waals surface area (Å²) >= 11 is 1.49. The van der Waals surface area contributed by atoms with Crippen molar-refractivity contribution in [1.29, 1.82) is 0 Å². The molecule has 4 aliphatic rings. The molecule has 324 valence electrons. The number of carbonyl (C=O) groups excluding carboxylic acids is 3. The van der Waals surface area contributed by atoms with Crippen molar-refractivity contribution in [3.05, 3.63) is 76.6 Å². The third-order valence-corrected chi connectivity index (χ3v) is 15.3. The third-order valence-electron chi connectivity index (χ3n) is 12.6. The number of methoxy groups -OCH3 is 1. The second-order valence-electron chi connectivity index (χ2n) is 17.6. The summed E-state index contributed by atoms with van der Waals surface area (Å²) in [6, 6.07) is 8.41. The molecule has 0 radical (unpaired) electrons. The molecule has 0 bridgehead atoms. The number of hydrogen-bond acceptors (Lipinski definition) is 11. The number of nitrogens with one attached hydrogen (secondary N) is 2. The molecule has 1 saturated heterocycles. The Hall–Kier alpha value is -4.89. The number of sulfonamides is 1. The van der Waals surface area contributed by atoms with Crippen LogP contribution in [0.25, 0.3) is 21.6 Å². The number of allylic oxidation sites excluding steroid dienone is 2. The van der Waals surface area contributed by atoms with Gasteiger partial charge in [0.05, 0.1) is 41.6 Å². The van der Waals surface area contributed by atoms with Crippen LogP contribution in [0.5, 0.6) is 11.5 Å². The van der Waals surface area contributed by atoms with Gasteiger partial charge in [-0.25, -0.2) is 22.8 Å². The molecule has 8 rings (SSSR count). The second kappa shape index (κ2) is 17.1. The van der Waals surface area contributed by atoms with Crippen molar-refractivity contribution in [2.24, 2.45) is 11.3 Å². The van der Waals surface area contributed by atoms with Gasteiger partial charge in [0.15, 0.2) is 5.78 Å². The van der Waals surface area contributed by atoms with Crippen LogP contribution < -0.4 is 19.5 Å². The molecule has 2 aromatic heterocycles. The minimum atomic E-state index is -3.87. The lowest BCUT2D eigenvalue weighted by Crippen LogP contribution is -2.49. The number of thiazole rings is 1. The van der Waals surface area contributed by atoms with E-state index in [4.69, 9.17) is 19.4 Å². The molecule has 0 spiro atoms. The molecule has 4 aromatic rings. The molecule has 12 nitrogen and oxygen atoms in total. The van der Waals surface area contributed by atoms with Gasteiger partial charge in [0.1, 0.15) is 40.2 Å². The van der Waals surface area contributed by atoms with Gasteiger partial charge in [-0.1, -0.05) is 38.8 Å². The number of rotatable bonds is 10. The fourth-order valence-electron chi connectivity index (χ4n) is 8.87. The highest BCUT2D eigenvalue weighted by Gasteiger charge is 2.61. The van der Waals surface area contributed by atoms with Crippen LogP contribution >= 0.6 is 11.3 Å². The zero-order valence-electron chi connectivity index (χ0n) is 35.3. The van der Waals surface area contributed by atoms with Crippen molar-refractivity contribution in [3.8, 4) is 22.2 Å². The number of fused-ring (bicyclic) bond motifs is 3. The lowest BCUT2D eigenvalue weighted by atomic mass is 9.91. The molecule has 2 aliphatic carbocycles. The average Bonchev–Trinajstić information content (AvgIpc) is 4.08. The summed E-state index contributed by atoms with van der Waals surface area (Å²) < 4.78 is 55.5. The molecule has 15 heteroatoms. The minimum absolute atomic E-state index is 0.0667. The van der Waals surface area contributed by atoms with E-state index in [2.05, 4.69) is 23.9 Å². The van der Waals surface area contributed by atoms with Crippen LogP contribution in [0.1, 0.15) is 101 Å². The number of hydrogen-bond donors (Lipinski definition) is 2. The van der Waals surface area contributed by atoms with E-state index < -0.39 is 50.6 Å². The van der Waals surface area contributed by atoms with Gasteiger partial charge in [-0.15, -0.1) is 11.3 Å². The number of aromatic nitrogens is 2. The molecule has 3 fully saturated rings. The summed E-state index contributed by atoms with van der Waals surface area (Å²) in [5.41, 5.74) is 2.96. The highest BCUT2D eigenvalue weighted by molar-refractivity contribution is 7.90. The zero-order valence-corrected chi connectivity index (χ0v) is 37.0. The van der Waals surface area contributed by atoms with Crippen LogP contribution in [-0.2, 0) is 24.4 Å². The molecule has 2 aromatic carbocycles. The van der Waals surface area contributed by atoms with Gasteiger partial charge in [-0.2, -0.15) is 0 Å². The Balaban J connectivity index is 1.16. The van der Waals surface area contributed by atoms with E-state index >= 15 is 0 Å². The Morgan fingerprint density at radius 3 is 2.56 bits per heavy atom. The first-order chi connectivity index (χ1) is 29.1. The molecule has 5 atom stereocenters. The highest BCUT2D eigenvalue weighted by atomic mass is 32.2. The van der Waals surface area contributed by atoms with E-state index in [-0.39, 0.29) is 42.9 Å². The van der Waals surface area contributed by atoms with Crippen LogP contribution in [0, 0.1) is 31.0 Å². The summed E-state index contributed by atoms with van der Waals surface area (Å²) in [5.74, 6) is -0.679. The normalized spacial score (nSPS) is 25.3. The quantitative estimate of drug-likeness (QED) is 0.149. The summed E-state index contributed by atoms with van der Waals surface area (Å²) in [4.78, 5) is 55.2. The third kappa shape index (κ3) is 9.04. The number of benzene rings is 2. The zero-order chi connectivity index (χ0) is 43.2. The van der Waals surface area contributed by atoms with E-state index in [9.17, 15) is 27.2 Å². The Morgan fingerprint density at radius 2 is 1.84 bits per heavy atom. The number of carbonyl (C=O) groups is 3. The summed E-state index contributed by atoms with van der Waals surface area (Å²) in [6.07, 6.45) is 8.09. The Morgan fingerprint density at radius 1 is 1.03 bits per heavy atom. The minimum Gasteiger partial charge on any atom is -0.496 e. The van der Waals surface area contributed by atoms with Gasteiger partial charge in [-0.05, 0) is 100 Å². The SMILES string of the molecule is COc1ccc2c(O[C@@H]3C[C@H]4C(=O)C[C@]5(C(=O)NS(=O)(=O)C6CC6)C[C@@H]5/C=C\CCCCC[C@H](Nc5cc(C)cc(F)c5)C(=O)N4C3)cc(-c3nc(C(C)C)cs3)nc2c1C. The van der Waals surface area contributed by atoms with E-state index in [0.29, 0.717) is 66.1 Å². The number of anilines is 1. The maximum Gasteiger partial charge on any atom is 0.245 e. The van der Waals surface area contributed by atoms with Gasteiger partial charge < -0.3 is 19.7 Å². The molecular formula is C46H54FN5O7S2. The lowest BCUT2D eigenvalue weighted by Gasteiger charge is -2.30. The summed E-state index contributed by atoms with van der Waals surface area (Å²) in [5, 5.41) is 6.18. The molecule has 2 N–H and O–H groups in total. The second-order valence-corrected chi connectivity index (χ2v) is 20.4. The van der Waals surface area contributed by atoms with Crippen molar-refractivity contribution in [1.82, 2.24) is 19.6 Å². The van der Waals surface area contributed by atoms with Crippen molar-refractivity contribution >= 4 is 55.5 Å². The fraction of sp³-hybridized carbons (Fsp3) is 0.500. The predicted molar refractivity (Wildman–Crippen MR) is 234 cm³/mol. The van der Waals surface area contributed by atoms with Gasteiger partial charge in [0.25, 0.3) is 0 Å². The Kier molecular flexibility index (Phi) is 12.0. The van der Waals surface area contributed by atoms with E-state index in [0.717, 1.165) is 40.9 Å². The van der Waals surface area contributed by atoms with Crippen LogP contribution in [0.3, 0.4) is 0 Å².